The van der Waals surface area contributed by atoms with Crippen molar-refractivity contribution >= 4 is 25.2 Å². The van der Waals surface area contributed by atoms with Crippen LogP contribution in [0, 0.1) is 0 Å². The van der Waals surface area contributed by atoms with Crippen LogP contribution >= 0.6 is 0 Å². The fourth-order valence-corrected chi connectivity index (χ4v) is 5.85. The first kappa shape index (κ1) is 32.4. The molecule has 0 N–H and O–H groups in total. The van der Waals surface area contributed by atoms with E-state index in [0.717, 1.165) is 38.7 Å². The van der Waals surface area contributed by atoms with Crippen LogP contribution in [-0.2, 0) is 18.6 Å². The van der Waals surface area contributed by atoms with Crippen molar-refractivity contribution in [2.75, 3.05) is 0 Å². The number of aromatic nitrogens is 3. The molecule has 9 heteroatoms. The van der Waals surface area contributed by atoms with Gasteiger partial charge in [0, 0.05) is 16.7 Å². The minimum absolute atomic E-state index is 0.491. The van der Waals surface area contributed by atoms with E-state index >= 15 is 0 Å². The lowest BCUT2D eigenvalue weighted by molar-refractivity contribution is 0.00578. The molecular formula is C39H41B2N3O4. The van der Waals surface area contributed by atoms with Gasteiger partial charge in [0.2, 0.25) is 0 Å². The molecule has 0 aliphatic carbocycles. The lowest BCUT2D eigenvalue weighted by atomic mass is 9.71. The van der Waals surface area contributed by atoms with Crippen molar-refractivity contribution in [2.45, 2.75) is 77.8 Å². The molecule has 5 aromatic rings. The van der Waals surface area contributed by atoms with Gasteiger partial charge >= 0.3 is 14.2 Å². The zero-order chi connectivity index (χ0) is 33.9. The van der Waals surface area contributed by atoms with E-state index in [1.807, 2.05) is 60.7 Å². The Morgan fingerprint density at radius 2 is 0.812 bits per heavy atom. The second-order valence-electron chi connectivity index (χ2n) is 14.6. The minimum Gasteiger partial charge on any atom is -0.399 e. The minimum atomic E-state index is -0.636. The van der Waals surface area contributed by atoms with Gasteiger partial charge in [0.05, 0.1) is 22.4 Å². The number of hydrogen-bond donors (Lipinski definition) is 0. The van der Waals surface area contributed by atoms with Crippen LogP contribution in [0.1, 0.15) is 55.4 Å². The Morgan fingerprint density at radius 1 is 0.417 bits per heavy atom. The van der Waals surface area contributed by atoms with Crippen molar-refractivity contribution in [3.05, 3.63) is 103 Å². The van der Waals surface area contributed by atoms with Crippen LogP contribution in [-0.4, -0.2) is 51.6 Å². The fourth-order valence-electron chi connectivity index (χ4n) is 5.85. The average molecular weight is 637 g/mol. The van der Waals surface area contributed by atoms with Crippen molar-refractivity contribution in [1.82, 2.24) is 15.0 Å². The first-order valence-corrected chi connectivity index (χ1v) is 16.6. The summed E-state index contributed by atoms with van der Waals surface area (Å²) in [6.45, 7) is 16.4. The van der Waals surface area contributed by atoms with E-state index in [9.17, 15) is 0 Å². The molecule has 0 atom stereocenters. The number of nitrogens with zero attached hydrogens (tertiary/aromatic N) is 3. The van der Waals surface area contributed by atoms with Gasteiger partial charge in [-0.2, -0.15) is 0 Å². The van der Waals surface area contributed by atoms with E-state index < -0.39 is 36.6 Å². The summed E-state index contributed by atoms with van der Waals surface area (Å²) in [6.07, 6.45) is 0. The molecule has 7 nitrogen and oxygen atoms in total. The molecule has 1 aromatic heterocycles. The Morgan fingerprint density at radius 3 is 1.33 bits per heavy atom. The van der Waals surface area contributed by atoms with Crippen molar-refractivity contribution < 1.29 is 18.6 Å². The molecule has 0 radical (unpaired) electrons. The first-order chi connectivity index (χ1) is 22.7. The SMILES string of the molecule is CC1(C)OB(c2ccc(B3OC(C)(C)C(C)(C)O3)c(-c3nc(-c4ccccc4)nc(-c4ccc(-c5ccccc5)cc4)n3)c2)OC1(C)C. The summed E-state index contributed by atoms with van der Waals surface area (Å²) in [5.41, 5.74) is 4.46. The Bertz CT molecular complexity index is 1920. The van der Waals surface area contributed by atoms with Gasteiger partial charge in [0.1, 0.15) is 0 Å². The third kappa shape index (κ3) is 5.90. The molecule has 7 rings (SSSR count). The quantitative estimate of drug-likeness (QED) is 0.183. The van der Waals surface area contributed by atoms with Gasteiger partial charge in [0.25, 0.3) is 0 Å². The van der Waals surface area contributed by atoms with Crippen molar-refractivity contribution in [1.29, 1.82) is 0 Å². The largest absolute Gasteiger partial charge is 0.495 e. The number of hydrogen-bond acceptors (Lipinski definition) is 7. The Labute approximate surface area is 284 Å². The van der Waals surface area contributed by atoms with Crippen LogP contribution in [0.3, 0.4) is 0 Å². The lowest BCUT2D eigenvalue weighted by Gasteiger charge is -2.32. The molecule has 0 saturated carbocycles. The third-order valence-corrected chi connectivity index (χ3v) is 10.3. The summed E-state index contributed by atoms with van der Waals surface area (Å²) in [7, 11) is -1.20. The van der Waals surface area contributed by atoms with Gasteiger partial charge in [-0.3, -0.25) is 0 Å². The lowest BCUT2D eigenvalue weighted by Crippen LogP contribution is -2.41. The van der Waals surface area contributed by atoms with Crippen LogP contribution < -0.4 is 10.9 Å². The normalized spacial score (nSPS) is 19.1. The molecule has 2 aliphatic rings. The van der Waals surface area contributed by atoms with Crippen LogP contribution in [0.2, 0.25) is 0 Å². The molecule has 2 saturated heterocycles. The predicted octanol–water partition coefficient (Wildman–Crippen LogP) is 7.14. The van der Waals surface area contributed by atoms with E-state index in [1.54, 1.807) is 0 Å². The van der Waals surface area contributed by atoms with Crippen LogP contribution in [0.25, 0.3) is 45.3 Å². The van der Waals surface area contributed by atoms with Crippen molar-refractivity contribution in [3.63, 3.8) is 0 Å². The summed E-state index contributed by atoms with van der Waals surface area (Å²) in [5.74, 6) is 1.65. The molecule has 0 bridgehead atoms. The Balaban J connectivity index is 1.39. The summed E-state index contributed by atoms with van der Waals surface area (Å²) >= 11 is 0. The van der Waals surface area contributed by atoms with Crippen molar-refractivity contribution in [3.8, 4) is 45.3 Å². The first-order valence-electron chi connectivity index (χ1n) is 16.6. The van der Waals surface area contributed by atoms with E-state index in [4.69, 9.17) is 33.6 Å². The van der Waals surface area contributed by atoms with Gasteiger partial charge in [0.15, 0.2) is 17.5 Å². The summed E-state index contributed by atoms with van der Waals surface area (Å²) in [4.78, 5) is 15.2. The third-order valence-electron chi connectivity index (χ3n) is 10.3. The molecule has 3 heterocycles. The topological polar surface area (TPSA) is 75.6 Å². The van der Waals surface area contributed by atoms with Crippen LogP contribution in [0.4, 0.5) is 0 Å². The number of benzene rings is 4. The Kier molecular flexibility index (Phi) is 7.95. The highest BCUT2D eigenvalue weighted by molar-refractivity contribution is 6.65. The second kappa shape index (κ2) is 11.8. The predicted molar refractivity (Wildman–Crippen MR) is 193 cm³/mol. The molecular weight excluding hydrogens is 596 g/mol. The Hall–Kier alpha value is -4.14. The van der Waals surface area contributed by atoms with E-state index in [0.29, 0.717) is 17.5 Å². The average Bonchev–Trinajstić information content (AvgIpc) is 3.44. The smallest absolute Gasteiger partial charge is 0.399 e. The second-order valence-corrected chi connectivity index (χ2v) is 14.6. The van der Waals surface area contributed by atoms with Gasteiger partial charge in [-0.25, -0.2) is 15.0 Å². The number of rotatable bonds is 6. The molecule has 2 fully saturated rings. The summed E-state index contributed by atoms with van der Waals surface area (Å²) < 4.78 is 26.1. The highest BCUT2D eigenvalue weighted by Crippen LogP contribution is 2.39. The van der Waals surface area contributed by atoms with Gasteiger partial charge in [-0.05, 0) is 77.4 Å². The van der Waals surface area contributed by atoms with Crippen molar-refractivity contribution in [2.24, 2.45) is 0 Å². The molecule has 0 spiro atoms. The zero-order valence-corrected chi connectivity index (χ0v) is 28.9. The highest BCUT2D eigenvalue weighted by atomic mass is 16.7. The van der Waals surface area contributed by atoms with Gasteiger partial charge in [-0.1, -0.05) is 103 Å². The monoisotopic (exact) mass is 637 g/mol. The molecule has 0 amide bonds. The summed E-state index contributed by atoms with van der Waals surface area (Å²) in [6, 6.07) is 34.7. The molecule has 4 aromatic carbocycles. The fraction of sp³-hybridized carbons (Fsp3) is 0.308. The maximum atomic E-state index is 6.57. The summed E-state index contributed by atoms with van der Waals surface area (Å²) in [5, 5.41) is 0. The van der Waals surface area contributed by atoms with E-state index in [-0.39, 0.29) is 0 Å². The molecule has 48 heavy (non-hydrogen) atoms. The molecule has 2 aliphatic heterocycles. The molecule has 0 unspecified atom stereocenters. The standard InChI is InChI=1S/C39H41B2N3O4/c1-36(2)37(3,4)46-40(45-36)30-23-24-32(41-47-38(5,6)39(7,8)48-41)31(25-30)35-43-33(28-17-13-10-14-18-28)42-34(44-35)29-21-19-27(20-22-29)26-15-11-9-12-16-26/h9-25H,1-8H3. The van der Waals surface area contributed by atoms with E-state index in [2.05, 4.69) is 97.9 Å². The van der Waals surface area contributed by atoms with E-state index in [1.165, 1.54) is 0 Å². The highest BCUT2D eigenvalue weighted by Gasteiger charge is 2.54. The van der Waals surface area contributed by atoms with Gasteiger partial charge < -0.3 is 18.6 Å². The maximum Gasteiger partial charge on any atom is 0.495 e. The van der Waals surface area contributed by atoms with Crippen LogP contribution in [0.15, 0.2) is 103 Å². The molecule has 242 valence electrons. The zero-order valence-electron chi connectivity index (χ0n) is 28.9. The van der Waals surface area contributed by atoms with Crippen LogP contribution in [0.5, 0.6) is 0 Å². The maximum absolute atomic E-state index is 6.57. The van der Waals surface area contributed by atoms with Gasteiger partial charge in [-0.15, -0.1) is 0 Å².